The maximum Gasteiger partial charge on any atom is 0.586 e. The standard InChI is InChI=1S/C30H30F2N4O6/c1-39-14-13-36-24-16-21(29(37)38)6-7-23(24)33-27(36)17-35-11-9-20(10-12-35)22-3-2-4-28(34-22)40-18-19-5-8-25-26(15-19)42-30(31,32)41-25/h2-8,15-16,20H,9-14,17-18H2,1H3,(H,37,38). The molecule has 12 heteroatoms. The van der Waals surface area contributed by atoms with Gasteiger partial charge in [-0.15, -0.1) is 8.78 Å². The van der Waals surface area contributed by atoms with Crippen LogP contribution in [0.2, 0.25) is 0 Å². The van der Waals surface area contributed by atoms with Crippen LogP contribution in [-0.2, 0) is 24.4 Å². The minimum absolute atomic E-state index is 0.00485. The highest BCUT2D eigenvalue weighted by atomic mass is 19.3. The molecule has 1 saturated heterocycles. The normalized spacial score (nSPS) is 16.6. The Kier molecular flexibility index (Phi) is 7.65. The second-order valence-corrected chi connectivity index (χ2v) is 10.4. The van der Waals surface area contributed by atoms with Gasteiger partial charge in [0.15, 0.2) is 11.5 Å². The number of rotatable bonds is 10. The van der Waals surface area contributed by atoms with E-state index in [4.69, 9.17) is 19.4 Å². The molecule has 220 valence electrons. The summed E-state index contributed by atoms with van der Waals surface area (Å²) in [6.07, 6.45) is -1.83. The number of pyridine rings is 1. The maximum absolute atomic E-state index is 13.3. The lowest BCUT2D eigenvalue weighted by Crippen LogP contribution is -2.33. The van der Waals surface area contributed by atoms with Crippen LogP contribution in [0, 0.1) is 0 Å². The summed E-state index contributed by atoms with van der Waals surface area (Å²) in [6, 6.07) is 15.3. The Morgan fingerprint density at radius 1 is 1.07 bits per heavy atom. The van der Waals surface area contributed by atoms with E-state index in [-0.39, 0.29) is 29.6 Å². The number of hydrogen-bond acceptors (Lipinski definition) is 8. The number of aromatic carboxylic acids is 1. The summed E-state index contributed by atoms with van der Waals surface area (Å²) in [6.45, 7) is 3.57. The topological polar surface area (TPSA) is 108 Å². The average molecular weight is 581 g/mol. The summed E-state index contributed by atoms with van der Waals surface area (Å²) >= 11 is 0. The molecule has 2 aliphatic heterocycles. The van der Waals surface area contributed by atoms with E-state index in [0.717, 1.165) is 48.5 Å². The number of aromatic nitrogens is 3. The van der Waals surface area contributed by atoms with Gasteiger partial charge in [-0.1, -0.05) is 12.1 Å². The fourth-order valence-corrected chi connectivity index (χ4v) is 5.42. The van der Waals surface area contributed by atoms with Gasteiger partial charge in [0.2, 0.25) is 5.88 Å². The molecule has 4 aromatic rings. The Hall–Kier alpha value is -4.29. The van der Waals surface area contributed by atoms with Crippen molar-refractivity contribution in [3.63, 3.8) is 0 Å². The summed E-state index contributed by atoms with van der Waals surface area (Å²) in [5.74, 6) is 0.615. The van der Waals surface area contributed by atoms with Crippen molar-refractivity contribution < 1.29 is 37.6 Å². The van der Waals surface area contributed by atoms with E-state index in [1.165, 1.54) is 12.1 Å². The zero-order valence-corrected chi connectivity index (χ0v) is 23.0. The van der Waals surface area contributed by atoms with Crippen LogP contribution in [0.5, 0.6) is 17.4 Å². The van der Waals surface area contributed by atoms with Gasteiger partial charge in [0.05, 0.1) is 29.7 Å². The van der Waals surface area contributed by atoms with Crippen LogP contribution in [0.15, 0.2) is 54.6 Å². The van der Waals surface area contributed by atoms with E-state index < -0.39 is 12.3 Å². The van der Waals surface area contributed by atoms with E-state index in [1.807, 2.05) is 16.7 Å². The smallest absolute Gasteiger partial charge is 0.478 e. The molecule has 10 nitrogen and oxygen atoms in total. The van der Waals surface area contributed by atoms with Gasteiger partial charge in [0.25, 0.3) is 0 Å². The molecule has 1 N–H and O–H groups in total. The first-order valence-electron chi connectivity index (χ1n) is 13.7. The number of alkyl halides is 2. The van der Waals surface area contributed by atoms with Crippen molar-refractivity contribution in [2.24, 2.45) is 0 Å². The molecular weight excluding hydrogens is 550 g/mol. The first kappa shape index (κ1) is 27.9. The van der Waals surface area contributed by atoms with Crippen LogP contribution in [-0.4, -0.2) is 63.6 Å². The molecular formula is C30H30F2N4O6. The summed E-state index contributed by atoms with van der Waals surface area (Å²) < 4.78 is 48.8. The van der Waals surface area contributed by atoms with Crippen LogP contribution in [0.1, 0.15) is 46.2 Å². The molecule has 0 aliphatic carbocycles. The molecule has 2 aromatic heterocycles. The van der Waals surface area contributed by atoms with Crippen molar-refractivity contribution in [3.8, 4) is 17.4 Å². The van der Waals surface area contributed by atoms with Gasteiger partial charge in [0.1, 0.15) is 12.4 Å². The minimum atomic E-state index is -3.65. The molecule has 0 saturated carbocycles. The fourth-order valence-electron chi connectivity index (χ4n) is 5.42. The molecule has 2 aliphatic rings. The van der Waals surface area contributed by atoms with Crippen molar-refractivity contribution in [2.45, 2.75) is 44.8 Å². The van der Waals surface area contributed by atoms with Crippen LogP contribution in [0.25, 0.3) is 11.0 Å². The zero-order chi connectivity index (χ0) is 29.3. The molecule has 42 heavy (non-hydrogen) atoms. The maximum atomic E-state index is 13.3. The van der Waals surface area contributed by atoms with Crippen LogP contribution < -0.4 is 14.2 Å². The highest BCUT2D eigenvalue weighted by molar-refractivity contribution is 5.92. The number of hydrogen-bond donors (Lipinski definition) is 1. The lowest BCUT2D eigenvalue weighted by atomic mass is 9.93. The number of halogens is 2. The molecule has 0 unspecified atom stereocenters. The number of methoxy groups -OCH3 is 1. The lowest BCUT2D eigenvalue weighted by molar-refractivity contribution is -0.286. The Bertz CT molecular complexity index is 1600. The third kappa shape index (κ3) is 6.00. The number of fused-ring (bicyclic) bond motifs is 2. The number of benzene rings is 2. The average Bonchev–Trinajstić information content (AvgIpc) is 3.49. The molecule has 0 radical (unpaired) electrons. The van der Waals surface area contributed by atoms with Crippen molar-refractivity contribution >= 4 is 17.0 Å². The monoisotopic (exact) mass is 580 g/mol. The summed E-state index contributed by atoms with van der Waals surface area (Å²) in [4.78, 5) is 23.4. The number of piperidine rings is 1. The van der Waals surface area contributed by atoms with Gasteiger partial charge in [-0.25, -0.2) is 14.8 Å². The quantitative estimate of drug-likeness (QED) is 0.276. The van der Waals surface area contributed by atoms with Crippen LogP contribution >= 0.6 is 0 Å². The molecule has 0 atom stereocenters. The number of carboxylic acids is 1. The molecule has 0 amide bonds. The van der Waals surface area contributed by atoms with Crippen LogP contribution in [0.4, 0.5) is 8.78 Å². The Morgan fingerprint density at radius 2 is 1.88 bits per heavy atom. The van der Waals surface area contributed by atoms with Crippen molar-refractivity contribution in [1.29, 1.82) is 0 Å². The van der Waals surface area contributed by atoms with Gasteiger partial charge in [-0.3, -0.25) is 4.90 Å². The second-order valence-electron chi connectivity index (χ2n) is 10.4. The Morgan fingerprint density at radius 3 is 2.67 bits per heavy atom. The highest BCUT2D eigenvalue weighted by Crippen LogP contribution is 2.41. The van der Waals surface area contributed by atoms with Crippen LogP contribution in [0.3, 0.4) is 0 Å². The second kappa shape index (κ2) is 11.5. The molecule has 1 fully saturated rings. The molecule has 4 heterocycles. The Labute approximate surface area is 240 Å². The van der Waals surface area contributed by atoms with Gasteiger partial charge >= 0.3 is 12.3 Å². The van der Waals surface area contributed by atoms with E-state index in [1.54, 1.807) is 37.4 Å². The largest absolute Gasteiger partial charge is 0.586 e. The van der Waals surface area contributed by atoms with Crippen molar-refractivity contribution in [2.75, 3.05) is 26.8 Å². The predicted molar refractivity (Wildman–Crippen MR) is 147 cm³/mol. The lowest BCUT2D eigenvalue weighted by Gasteiger charge is -2.31. The van der Waals surface area contributed by atoms with E-state index >= 15 is 0 Å². The van der Waals surface area contributed by atoms with E-state index in [2.05, 4.69) is 14.4 Å². The number of nitrogens with zero attached hydrogens (tertiary/aromatic N) is 4. The van der Waals surface area contributed by atoms with Gasteiger partial charge in [-0.05, 0) is 67.9 Å². The number of carboxylic acid groups (broad SMARTS) is 1. The number of ether oxygens (including phenoxy) is 4. The number of carbonyl (C=O) groups is 1. The SMILES string of the molecule is COCCn1c(CN2CCC(c3cccc(OCc4ccc5c(c4)OC(F)(F)O5)n3)CC2)nc2ccc(C(=O)O)cc21. The first-order chi connectivity index (χ1) is 20.3. The van der Waals surface area contributed by atoms with Crippen molar-refractivity contribution in [3.05, 3.63) is 77.2 Å². The summed E-state index contributed by atoms with van der Waals surface area (Å²) in [5, 5.41) is 9.44. The molecule has 2 aromatic carbocycles. The minimum Gasteiger partial charge on any atom is -0.478 e. The number of likely N-dealkylation sites (tertiary alicyclic amines) is 1. The number of imidazole rings is 1. The van der Waals surface area contributed by atoms with Gasteiger partial charge < -0.3 is 28.6 Å². The fraction of sp³-hybridized carbons (Fsp3) is 0.367. The Balaban J connectivity index is 1.08. The molecule has 6 rings (SSSR count). The van der Waals surface area contributed by atoms with E-state index in [0.29, 0.717) is 31.1 Å². The zero-order valence-electron chi connectivity index (χ0n) is 23.0. The van der Waals surface area contributed by atoms with Gasteiger partial charge in [-0.2, -0.15) is 0 Å². The van der Waals surface area contributed by atoms with Gasteiger partial charge in [0, 0.05) is 31.3 Å². The third-order valence-corrected chi connectivity index (χ3v) is 7.56. The van der Waals surface area contributed by atoms with Crippen molar-refractivity contribution in [1.82, 2.24) is 19.4 Å². The molecule has 0 spiro atoms. The summed E-state index contributed by atoms with van der Waals surface area (Å²) in [5.41, 5.74) is 3.39. The van der Waals surface area contributed by atoms with E-state index in [9.17, 15) is 18.7 Å². The summed E-state index contributed by atoms with van der Waals surface area (Å²) in [7, 11) is 1.64. The molecule has 0 bridgehead atoms. The third-order valence-electron chi connectivity index (χ3n) is 7.56. The predicted octanol–water partition coefficient (Wildman–Crippen LogP) is 5.06. The first-order valence-corrected chi connectivity index (χ1v) is 13.7. The highest BCUT2D eigenvalue weighted by Gasteiger charge is 2.43.